The van der Waals surface area contributed by atoms with Crippen molar-refractivity contribution in [1.82, 2.24) is 19.2 Å². The van der Waals surface area contributed by atoms with Crippen LogP contribution in [0.4, 0.5) is 4.39 Å². The molecule has 0 unspecified atom stereocenters. The van der Waals surface area contributed by atoms with E-state index in [1.54, 1.807) is 41.4 Å². The molecule has 7 nitrogen and oxygen atoms in total. The minimum atomic E-state index is -3.68. The van der Waals surface area contributed by atoms with Crippen LogP contribution in [0.3, 0.4) is 0 Å². The molecule has 0 spiro atoms. The summed E-state index contributed by atoms with van der Waals surface area (Å²) in [5, 5.41) is 0.552. The minimum Gasteiger partial charge on any atom is -0.345 e. The van der Waals surface area contributed by atoms with Crippen molar-refractivity contribution in [2.75, 3.05) is 26.2 Å². The van der Waals surface area contributed by atoms with Gasteiger partial charge in [-0.1, -0.05) is 18.2 Å². The summed E-state index contributed by atoms with van der Waals surface area (Å²) in [6.45, 7) is 1.08. The highest BCUT2D eigenvalue weighted by molar-refractivity contribution is 7.89. The molecule has 29 heavy (non-hydrogen) atoms. The van der Waals surface area contributed by atoms with E-state index in [0.717, 1.165) is 0 Å². The highest BCUT2D eigenvalue weighted by Gasteiger charge is 2.31. The molecule has 9 heteroatoms. The van der Waals surface area contributed by atoms with Crippen LogP contribution in [0.25, 0.3) is 11.0 Å². The summed E-state index contributed by atoms with van der Waals surface area (Å²) in [5.41, 5.74) is 1.03. The average Bonchev–Trinajstić information content (AvgIpc) is 3.18. The topological polar surface area (TPSA) is 86.4 Å². The molecule has 1 N–H and O–H groups in total. The van der Waals surface area contributed by atoms with E-state index in [1.807, 2.05) is 0 Å². The number of halogens is 1. The second kappa shape index (κ2) is 7.92. The molecule has 0 atom stereocenters. The molecule has 0 bridgehead atoms. The number of hydrogen-bond donors (Lipinski definition) is 1. The van der Waals surface area contributed by atoms with Gasteiger partial charge in [-0.05, 0) is 30.2 Å². The number of benzene rings is 1. The molecule has 1 saturated heterocycles. The van der Waals surface area contributed by atoms with E-state index in [4.69, 9.17) is 0 Å². The fourth-order valence-electron chi connectivity index (χ4n) is 3.56. The molecule has 1 aromatic carbocycles. The van der Waals surface area contributed by atoms with Crippen LogP contribution < -0.4 is 0 Å². The fourth-order valence-corrected chi connectivity index (χ4v) is 5.13. The number of nitrogens with zero attached hydrogens (tertiary/aromatic N) is 3. The third-order valence-electron chi connectivity index (χ3n) is 5.19. The van der Waals surface area contributed by atoms with Crippen LogP contribution in [0, 0.1) is 5.82 Å². The second-order valence-electron chi connectivity index (χ2n) is 6.93. The lowest BCUT2D eigenvalue weighted by molar-refractivity contribution is -0.132. The molecule has 152 valence electrons. The van der Waals surface area contributed by atoms with Gasteiger partial charge < -0.3 is 9.88 Å². The number of nitrogens with one attached hydrogen (secondary N) is 1. The van der Waals surface area contributed by atoms with Crippen molar-refractivity contribution in [3.8, 4) is 0 Å². The third-order valence-corrected chi connectivity index (χ3v) is 7.13. The van der Waals surface area contributed by atoms with Crippen LogP contribution in [0.15, 0.2) is 53.7 Å². The molecule has 3 aromatic rings. The molecular weight excluding hydrogens is 395 g/mol. The summed E-state index contributed by atoms with van der Waals surface area (Å²) in [6, 6.07) is 9.82. The number of H-pyrrole nitrogens is 1. The Balaban J connectivity index is 1.38. The van der Waals surface area contributed by atoms with Crippen molar-refractivity contribution in [2.24, 2.45) is 0 Å². The van der Waals surface area contributed by atoms with Crippen molar-refractivity contribution in [1.29, 1.82) is 0 Å². The Labute approximate surface area is 168 Å². The van der Waals surface area contributed by atoms with Crippen LogP contribution in [-0.2, 0) is 21.2 Å². The van der Waals surface area contributed by atoms with E-state index in [-0.39, 0.29) is 36.1 Å². The molecule has 4 rings (SSSR count). The Kier molecular flexibility index (Phi) is 5.33. The van der Waals surface area contributed by atoms with Gasteiger partial charge in [-0.15, -0.1) is 0 Å². The zero-order chi connectivity index (χ0) is 20.4. The van der Waals surface area contributed by atoms with Gasteiger partial charge in [0.2, 0.25) is 15.9 Å². The zero-order valence-corrected chi connectivity index (χ0v) is 16.5. The molecule has 0 radical (unpaired) electrons. The molecule has 1 aliphatic rings. The predicted octanol–water partition coefficient (Wildman–Crippen LogP) is 2.17. The second-order valence-corrected chi connectivity index (χ2v) is 8.84. The van der Waals surface area contributed by atoms with Gasteiger partial charge in [0, 0.05) is 50.4 Å². The number of sulfonamides is 1. The lowest BCUT2D eigenvalue weighted by atomic mass is 10.1. The third kappa shape index (κ3) is 3.88. The lowest BCUT2D eigenvalue weighted by Gasteiger charge is -2.34. The number of aryl methyl sites for hydroxylation is 1. The lowest BCUT2D eigenvalue weighted by Crippen LogP contribution is -2.50. The van der Waals surface area contributed by atoms with Gasteiger partial charge in [-0.3, -0.25) is 4.79 Å². The quantitative estimate of drug-likeness (QED) is 0.691. The van der Waals surface area contributed by atoms with E-state index in [2.05, 4.69) is 9.97 Å². The van der Waals surface area contributed by atoms with Crippen LogP contribution in [0.1, 0.15) is 12.0 Å². The van der Waals surface area contributed by atoms with Crippen molar-refractivity contribution in [2.45, 2.75) is 17.7 Å². The van der Waals surface area contributed by atoms with Gasteiger partial charge >= 0.3 is 0 Å². The first-order valence-corrected chi connectivity index (χ1v) is 10.8. The summed E-state index contributed by atoms with van der Waals surface area (Å²) in [5.74, 6) is -0.411. The normalized spacial score (nSPS) is 15.7. The largest absolute Gasteiger partial charge is 0.345 e. The number of carbonyl (C=O) groups excluding carboxylic acids is 1. The van der Waals surface area contributed by atoms with E-state index in [1.165, 1.54) is 16.6 Å². The smallest absolute Gasteiger partial charge is 0.245 e. The summed E-state index contributed by atoms with van der Waals surface area (Å²) >= 11 is 0. The monoisotopic (exact) mass is 416 g/mol. The SMILES string of the molecule is O=C(CCc1ccccc1F)N1CCN(S(=O)(=O)c2c[nH]c3ncccc23)CC1. The van der Waals surface area contributed by atoms with Crippen LogP contribution >= 0.6 is 0 Å². The van der Waals surface area contributed by atoms with Crippen molar-refractivity contribution < 1.29 is 17.6 Å². The number of amides is 1. The van der Waals surface area contributed by atoms with Gasteiger partial charge in [-0.2, -0.15) is 4.31 Å². The molecule has 0 aliphatic carbocycles. The first kappa shape index (κ1) is 19.5. The highest BCUT2D eigenvalue weighted by atomic mass is 32.2. The number of aromatic amines is 1. The van der Waals surface area contributed by atoms with Gasteiger partial charge in [0.15, 0.2) is 0 Å². The summed E-state index contributed by atoms with van der Waals surface area (Å²) in [6.07, 6.45) is 3.58. The zero-order valence-electron chi connectivity index (χ0n) is 15.7. The molecule has 1 amide bonds. The number of fused-ring (bicyclic) bond motifs is 1. The Morgan fingerprint density at radius 3 is 2.62 bits per heavy atom. The van der Waals surface area contributed by atoms with Crippen molar-refractivity contribution in [3.63, 3.8) is 0 Å². The predicted molar refractivity (Wildman–Crippen MR) is 106 cm³/mol. The Bertz CT molecular complexity index is 1140. The Morgan fingerprint density at radius 2 is 1.86 bits per heavy atom. The van der Waals surface area contributed by atoms with E-state index in [9.17, 15) is 17.6 Å². The molecule has 2 aromatic heterocycles. The standard InChI is InChI=1S/C20H21FN4O3S/c21-17-6-2-1-4-15(17)7-8-19(26)24-10-12-25(13-11-24)29(27,28)18-14-23-20-16(18)5-3-9-22-20/h1-6,9,14H,7-8,10-13H2,(H,22,23). The van der Waals surface area contributed by atoms with Crippen molar-refractivity contribution in [3.05, 3.63) is 60.2 Å². The number of hydrogen-bond acceptors (Lipinski definition) is 4. The maximum Gasteiger partial charge on any atom is 0.245 e. The maximum atomic E-state index is 13.7. The van der Waals surface area contributed by atoms with Crippen LogP contribution in [-0.4, -0.2) is 59.7 Å². The molecule has 1 aliphatic heterocycles. The molecule has 3 heterocycles. The Hall–Kier alpha value is -2.78. The molecular formula is C20H21FN4O3S. The van der Waals surface area contributed by atoms with Crippen LogP contribution in [0.5, 0.6) is 0 Å². The van der Waals surface area contributed by atoms with Gasteiger partial charge in [0.05, 0.1) is 0 Å². The number of carbonyl (C=O) groups is 1. The summed E-state index contributed by atoms with van der Waals surface area (Å²) in [7, 11) is -3.68. The van der Waals surface area contributed by atoms with Gasteiger partial charge in [0.1, 0.15) is 16.4 Å². The maximum absolute atomic E-state index is 13.7. The minimum absolute atomic E-state index is 0.0957. The summed E-state index contributed by atoms with van der Waals surface area (Å²) in [4.78, 5) is 21.3. The highest BCUT2D eigenvalue weighted by Crippen LogP contribution is 2.25. The van der Waals surface area contributed by atoms with E-state index >= 15 is 0 Å². The first-order chi connectivity index (χ1) is 14.0. The fraction of sp³-hybridized carbons (Fsp3) is 0.300. The average molecular weight is 416 g/mol. The van der Waals surface area contributed by atoms with Gasteiger partial charge in [0.25, 0.3) is 0 Å². The van der Waals surface area contributed by atoms with E-state index in [0.29, 0.717) is 36.1 Å². The van der Waals surface area contributed by atoms with Crippen molar-refractivity contribution >= 4 is 27.0 Å². The number of rotatable bonds is 5. The number of piperazine rings is 1. The number of pyridine rings is 1. The van der Waals surface area contributed by atoms with Gasteiger partial charge in [-0.25, -0.2) is 17.8 Å². The number of aromatic nitrogens is 2. The molecule has 0 saturated carbocycles. The first-order valence-electron chi connectivity index (χ1n) is 9.40. The molecule has 1 fully saturated rings. The van der Waals surface area contributed by atoms with E-state index < -0.39 is 10.0 Å². The van der Waals surface area contributed by atoms with Crippen LogP contribution in [0.2, 0.25) is 0 Å². The Morgan fingerprint density at radius 1 is 1.10 bits per heavy atom. The summed E-state index contributed by atoms with van der Waals surface area (Å²) < 4.78 is 41.1.